The first kappa shape index (κ1) is 22.8. The summed E-state index contributed by atoms with van der Waals surface area (Å²) < 4.78 is 38.5. The Labute approximate surface area is 168 Å². The molecule has 162 valence electrons. The lowest BCUT2D eigenvalue weighted by Crippen LogP contribution is -2.50. The topological polar surface area (TPSA) is 85.2 Å². The lowest BCUT2D eigenvalue weighted by molar-refractivity contribution is -0.385. The van der Waals surface area contributed by atoms with Crippen molar-refractivity contribution >= 4 is 11.8 Å². The number of benzene rings is 1. The third-order valence-electron chi connectivity index (χ3n) is 4.34. The molecular formula is C19H27F2N3O5. The Morgan fingerprint density at radius 1 is 1.17 bits per heavy atom. The van der Waals surface area contributed by atoms with Gasteiger partial charge in [0.1, 0.15) is 18.0 Å². The maximum Gasteiger partial charge on any atom is 0.410 e. The molecule has 0 aromatic heterocycles. The Morgan fingerprint density at radius 2 is 1.79 bits per heavy atom. The maximum absolute atomic E-state index is 13.8. The molecule has 0 radical (unpaired) electrons. The molecule has 0 spiro atoms. The minimum absolute atomic E-state index is 0.0736. The van der Waals surface area contributed by atoms with Gasteiger partial charge in [-0.1, -0.05) is 0 Å². The lowest BCUT2D eigenvalue weighted by Gasteiger charge is -2.35. The molecular weight excluding hydrogens is 388 g/mol. The highest BCUT2D eigenvalue weighted by Gasteiger charge is 2.31. The summed E-state index contributed by atoms with van der Waals surface area (Å²) in [4.78, 5) is 25.9. The number of nitro groups is 1. The van der Waals surface area contributed by atoms with Crippen molar-refractivity contribution in [2.24, 2.45) is 0 Å². The first-order valence-corrected chi connectivity index (χ1v) is 9.36. The van der Waals surface area contributed by atoms with E-state index in [2.05, 4.69) is 4.90 Å². The van der Waals surface area contributed by atoms with Gasteiger partial charge in [-0.05, 0) is 26.8 Å². The highest BCUT2D eigenvalue weighted by molar-refractivity contribution is 5.68. The molecule has 0 aliphatic carbocycles. The Hall–Kier alpha value is -2.49. The Balaban J connectivity index is 1.87. The summed E-state index contributed by atoms with van der Waals surface area (Å²) in [6.07, 6.45) is -0.353. The predicted octanol–water partition coefficient (Wildman–Crippen LogP) is 3.64. The van der Waals surface area contributed by atoms with Gasteiger partial charge in [0.15, 0.2) is 0 Å². The van der Waals surface area contributed by atoms with Crippen molar-refractivity contribution in [1.82, 2.24) is 9.80 Å². The number of hydrogen-bond donors (Lipinski definition) is 0. The minimum Gasteiger partial charge on any atom is -0.492 e. The number of carbonyl (C=O) groups is 1. The van der Waals surface area contributed by atoms with Crippen LogP contribution < -0.4 is 4.74 Å². The van der Waals surface area contributed by atoms with Gasteiger partial charge in [0, 0.05) is 51.8 Å². The fourth-order valence-electron chi connectivity index (χ4n) is 2.87. The van der Waals surface area contributed by atoms with Crippen LogP contribution in [-0.2, 0) is 10.7 Å². The molecule has 1 saturated heterocycles. The van der Waals surface area contributed by atoms with Crippen LogP contribution in [0.4, 0.5) is 19.3 Å². The number of non-ortho nitro benzene ring substituents is 1. The van der Waals surface area contributed by atoms with E-state index >= 15 is 0 Å². The highest BCUT2D eigenvalue weighted by Crippen LogP contribution is 2.36. The molecule has 0 bridgehead atoms. The van der Waals surface area contributed by atoms with Crippen molar-refractivity contribution in [2.45, 2.75) is 39.2 Å². The van der Waals surface area contributed by atoms with Gasteiger partial charge in [-0.3, -0.25) is 15.0 Å². The number of hydrogen-bond acceptors (Lipinski definition) is 6. The molecule has 0 atom stereocenters. The largest absolute Gasteiger partial charge is 0.492 e. The molecule has 0 N–H and O–H groups in total. The van der Waals surface area contributed by atoms with E-state index in [9.17, 15) is 23.7 Å². The lowest BCUT2D eigenvalue weighted by atomic mass is 10.1. The molecule has 8 nitrogen and oxygen atoms in total. The number of amides is 1. The maximum atomic E-state index is 13.8. The molecule has 0 saturated carbocycles. The van der Waals surface area contributed by atoms with Crippen LogP contribution >= 0.6 is 0 Å². The average Bonchev–Trinajstić information content (AvgIpc) is 2.60. The van der Waals surface area contributed by atoms with E-state index in [0.717, 1.165) is 12.1 Å². The number of carbonyl (C=O) groups excluding carboxylic acids is 1. The van der Waals surface area contributed by atoms with Crippen LogP contribution in [0.25, 0.3) is 0 Å². The Morgan fingerprint density at radius 3 is 2.31 bits per heavy atom. The number of nitrogens with zero attached hydrogens (tertiary/aromatic N) is 3. The second-order valence-corrected chi connectivity index (χ2v) is 7.98. The van der Waals surface area contributed by atoms with Crippen LogP contribution in [0.2, 0.25) is 0 Å². The molecule has 1 aliphatic heterocycles. The molecule has 29 heavy (non-hydrogen) atoms. The summed E-state index contributed by atoms with van der Waals surface area (Å²) in [5.41, 5.74) is -1.47. The van der Waals surface area contributed by atoms with E-state index in [1.165, 1.54) is 6.07 Å². The number of halogens is 2. The molecule has 1 heterocycles. The van der Waals surface area contributed by atoms with Gasteiger partial charge in [-0.15, -0.1) is 0 Å². The second-order valence-electron chi connectivity index (χ2n) is 7.98. The van der Waals surface area contributed by atoms with Gasteiger partial charge in [-0.2, -0.15) is 0 Å². The van der Waals surface area contributed by atoms with Crippen LogP contribution in [0.5, 0.6) is 5.75 Å². The summed E-state index contributed by atoms with van der Waals surface area (Å²) in [5.74, 6) is -3.34. The van der Waals surface area contributed by atoms with Crippen LogP contribution in [0, 0.1) is 10.1 Å². The zero-order chi connectivity index (χ0) is 21.8. The first-order valence-electron chi connectivity index (χ1n) is 9.36. The third-order valence-corrected chi connectivity index (χ3v) is 4.34. The van der Waals surface area contributed by atoms with Crippen LogP contribution in [0.15, 0.2) is 18.2 Å². The van der Waals surface area contributed by atoms with Crippen molar-refractivity contribution < 1.29 is 28.0 Å². The molecule has 10 heteroatoms. The van der Waals surface area contributed by atoms with Crippen molar-refractivity contribution in [2.75, 3.05) is 39.3 Å². The van der Waals surface area contributed by atoms with Crippen molar-refractivity contribution in [3.63, 3.8) is 0 Å². The minimum atomic E-state index is -3.26. The molecule has 1 aromatic rings. The summed E-state index contributed by atoms with van der Waals surface area (Å²) in [6.45, 7) is 8.96. The number of alkyl halides is 2. The number of piperazine rings is 1. The monoisotopic (exact) mass is 415 g/mol. The van der Waals surface area contributed by atoms with Crippen LogP contribution in [0.3, 0.4) is 0 Å². The number of nitro benzene ring substituents is 1. The highest BCUT2D eigenvalue weighted by atomic mass is 19.3. The van der Waals surface area contributed by atoms with Gasteiger partial charge in [0.2, 0.25) is 0 Å². The summed E-state index contributed by atoms with van der Waals surface area (Å²) in [6, 6.07) is 3.18. The summed E-state index contributed by atoms with van der Waals surface area (Å²) in [5, 5.41) is 10.8. The number of ether oxygens (including phenoxy) is 2. The smallest absolute Gasteiger partial charge is 0.410 e. The van der Waals surface area contributed by atoms with Gasteiger partial charge >= 0.3 is 6.09 Å². The predicted molar refractivity (Wildman–Crippen MR) is 102 cm³/mol. The van der Waals surface area contributed by atoms with Gasteiger partial charge in [0.05, 0.1) is 10.5 Å². The molecule has 1 fully saturated rings. The quantitative estimate of drug-likeness (QED) is 0.521. The van der Waals surface area contributed by atoms with Crippen molar-refractivity contribution in [3.05, 3.63) is 33.9 Å². The van der Waals surface area contributed by atoms with E-state index in [-0.39, 0.29) is 18.4 Å². The molecule has 2 rings (SSSR count). The molecule has 1 aliphatic rings. The summed E-state index contributed by atoms with van der Waals surface area (Å²) >= 11 is 0. The van der Waals surface area contributed by atoms with E-state index in [0.29, 0.717) is 39.6 Å². The molecule has 1 aromatic carbocycles. The zero-order valence-electron chi connectivity index (χ0n) is 17.1. The van der Waals surface area contributed by atoms with E-state index in [1.807, 2.05) is 20.8 Å². The van der Waals surface area contributed by atoms with Crippen molar-refractivity contribution in [3.8, 4) is 5.75 Å². The van der Waals surface area contributed by atoms with Crippen molar-refractivity contribution in [1.29, 1.82) is 0 Å². The second kappa shape index (κ2) is 8.89. The summed E-state index contributed by atoms with van der Waals surface area (Å²) in [7, 11) is 0. The third kappa shape index (κ3) is 6.81. The first-order chi connectivity index (χ1) is 13.4. The fraction of sp³-hybridized carbons (Fsp3) is 0.632. The number of rotatable bonds is 6. The molecule has 0 unspecified atom stereocenters. The van der Waals surface area contributed by atoms with Gasteiger partial charge < -0.3 is 14.4 Å². The average molecular weight is 415 g/mol. The van der Waals surface area contributed by atoms with Gasteiger partial charge in [-0.25, -0.2) is 13.6 Å². The molecule has 1 amide bonds. The van der Waals surface area contributed by atoms with Crippen LogP contribution in [0.1, 0.15) is 33.3 Å². The van der Waals surface area contributed by atoms with Crippen LogP contribution in [-0.4, -0.2) is 65.7 Å². The van der Waals surface area contributed by atoms with E-state index < -0.39 is 27.7 Å². The standard InChI is InChI=1S/C19H27F2N3O5/c1-18(2,3)29-17(25)23-9-7-22(8-10-23)11-12-28-16-6-5-14(24(26)27)13-15(16)19(4,20)21/h5-6,13H,7-12H2,1-4H3. The normalized spacial score (nSPS) is 15.9. The zero-order valence-corrected chi connectivity index (χ0v) is 17.1. The van der Waals surface area contributed by atoms with E-state index in [4.69, 9.17) is 9.47 Å². The Kier molecular flexibility index (Phi) is 6.99. The van der Waals surface area contributed by atoms with Gasteiger partial charge in [0.25, 0.3) is 11.6 Å². The van der Waals surface area contributed by atoms with E-state index in [1.54, 1.807) is 4.90 Å². The SMILES string of the molecule is CC(C)(C)OC(=O)N1CCN(CCOc2ccc([N+](=O)[O-])cc2C(C)(F)F)CC1. The Bertz CT molecular complexity index is 738. The fourth-order valence-corrected chi connectivity index (χ4v) is 2.87.